The van der Waals surface area contributed by atoms with E-state index in [1.807, 2.05) is 36.4 Å². The number of nitrogens with one attached hydrogen (secondary N) is 1. The van der Waals surface area contributed by atoms with E-state index in [-0.39, 0.29) is 24.0 Å². The lowest BCUT2D eigenvalue weighted by Crippen LogP contribution is -2.43. The molecule has 1 unspecified atom stereocenters. The predicted octanol–water partition coefficient (Wildman–Crippen LogP) is 3.15. The first-order chi connectivity index (χ1) is 11.7. The van der Waals surface area contributed by atoms with E-state index in [0.717, 1.165) is 17.7 Å². The van der Waals surface area contributed by atoms with Gasteiger partial charge in [-0.1, -0.05) is 42.5 Å². The number of methoxy groups -OCH3 is 1. The van der Waals surface area contributed by atoms with Crippen LogP contribution in [-0.4, -0.2) is 32.8 Å². The van der Waals surface area contributed by atoms with Crippen molar-refractivity contribution in [3.63, 3.8) is 0 Å². The Bertz CT molecular complexity index is 709. The van der Waals surface area contributed by atoms with Crippen LogP contribution >= 0.6 is 24.0 Å². The number of nitrogens with two attached hydrogens (primary N) is 1. The van der Waals surface area contributed by atoms with Crippen LogP contribution in [0.4, 0.5) is 5.69 Å². The summed E-state index contributed by atoms with van der Waals surface area (Å²) in [6, 6.07) is 18.0. The normalized spacial score (nSPS) is 19.6. The molecule has 0 bridgehead atoms. The largest absolute Gasteiger partial charge is 0.381 e. The van der Waals surface area contributed by atoms with Gasteiger partial charge in [0.2, 0.25) is 0 Å². The minimum absolute atomic E-state index is 0. The zero-order chi connectivity index (χ0) is 16.8. The molecule has 0 spiro atoms. The number of guanidine groups is 1. The molecule has 6 heteroatoms. The SMILES string of the molecule is COCC1(CN=C(N)Nc2ccccc2)OCCc2ccccc21.I. The predicted molar refractivity (Wildman–Crippen MR) is 112 cm³/mol. The molecule has 2 aromatic carbocycles. The molecular weight excluding hydrogens is 429 g/mol. The maximum Gasteiger partial charge on any atom is 0.193 e. The van der Waals surface area contributed by atoms with Gasteiger partial charge in [-0.3, -0.25) is 0 Å². The van der Waals surface area contributed by atoms with Crippen LogP contribution in [0.5, 0.6) is 0 Å². The Morgan fingerprint density at radius 3 is 2.68 bits per heavy atom. The van der Waals surface area contributed by atoms with Gasteiger partial charge in [0.15, 0.2) is 5.96 Å². The van der Waals surface area contributed by atoms with Gasteiger partial charge < -0.3 is 20.5 Å². The number of nitrogens with zero attached hydrogens (tertiary/aromatic N) is 1. The number of fused-ring (bicyclic) bond motifs is 1. The molecule has 0 radical (unpaired) electrons. The molecule has 2 aromatic rings. The maximum absolute atomic E-state index is 6.12. The molecule has 1 aliphatic heterocycles. The Morgan fingerprint density at radius 1 is 1.20 bits per heavy atom. The zero-order valence-electron chi connectivity index (χ0n) is 14.3. The summed E-state index contributed by atoms with van der Waals surface area (Å²) in [4.78, 5) is 4.51. The molecular formula is C19H24IN3O2. The Labute approximate surface area is 165 Å². The summed E-state index contributed by atoms with van der Waals surface area (Å²) in [6.07, 6.45) is 0.906. The number of hydrogen-bond acceptors (Lipinski definition) is 3. The molecule has 25 heavy (non-hydrogen) atoms. The second-order valence-electron chi connectivity index (χ2n) is 5.88. The van der Waals surface area contributed by atoms with Gasteiger partial charge in [0.25, 0.3) is 0 Å². The molecule has 0 amide bonds. The summed E-state index contributed by atoms with van der Waals surface area (Å²) in [7, 11) is 1.68. The fourth-order valence-corrected chi connectivity index (χ4v) is 3.07. The van der Waals surface area contributed by atoms with E-state index in [1.165, 1.54) is 5.56 Å². The second kappa shape index (κ2) is 9.17. The molecule has 3 N–H and O–H groups in total. The zero-order valence-corrected chi connectivity index (χ0v) is 16.6. The highest BCUT2D eigenvalue weighted by molar-refractivity contribution is 14.0. The van der Waals surface area contributed by atoms with Crippen molar-refractivity contribution >= 4 is 35.6 Å². The topological polar surface area (TPSA) is 68.9 Å². The number of para-hydroxylation sites is 1. The number of benzene rings is 2. The van der Waals surface area contributed by atoms with Gasteiger partial charge in [-0.2, -0.15) is 0 Å². The molecule has 1 aliphatic rings. The van der Waals surface area contributed by atoms with Crippen molar-refractivity contribution in [2.45, 2.75) is 12.0 Å². The number of halogens is 1. The first kappa shape index (κ1) is 19.7. The van der Waals surface area contributed by atoms with E-state index in [4.69, 9.17) is 15.2 Å². The van der Waals surface area contributed by atoms with Crippen LogP contribution in [0, 0.1) is 0 Å². The average molecular weight is 453 g/mol. The van der Waals surface area contributed by atoms with Gasteiger partial charge >= 0.3 is 0 Å². The van der Waals surface area contributed by atoms with Crippen LogP contribution < -0.4 is 11.1 Å². The molecule has 1 atom stereocenters. The lowest BCUT2D eigenvalue weighted by Gasteiger charge is -2.37. The number of aliphatic imine (C=N–C) groups is 1. The monoisotopic (exact) mass is 453 g/mol. The minimum atomic E-state index is -0.591. The second-order valence-corrected chi connectivity index (χ2v) is 5.88. The highest BCUT2D eigenvalue weighted by atomic mass is 127. The van der Waals surface area contributed by atoms with Gasteiger partial charge in [-0.05, 0) is 29.7 Å². The first-order valence-electron chi connectivity index (χ1n) is 8.07. The van der Waals surface area contributed by atoms with Crippen molar-refractivity contribution in [2.75, 3.05) is 32.2 Å². The Morgan fingerprint density at radius 2 is 1.92 bits per heavy atom. The molecule has 0 fully saturated rings. The third-order valence-corrected chi connectivity index (χ3v) is 4.19. The Kier molecular flexibility index (Phi) is 7.22. The van der Waals surface area contributed by atoms with Crippen molar-refractivity contribution in [1.29, 1.82) is 0 Å². The minimum Gasteiger partial charge on any atom is -0.381 e. The molecule has 134 valence electrons. The summed E-state index contributed by atoms with van der Waals surface area (Å²) in [5, 5.41) is 3.10. The van der Waals surface area contributed by atoms with E-state index >= 15 is 0 Å². The van der Waals surface area contributed by atoms with Crippen LogP contribution in [0.1, 0.15) is 11.1 Å². The van der Waals surface area contributed by atoms with Crippen LogP contribution in [0.15, 0.2) is 59.6 Å². The van der Waals surface area contributed by atoms with E-state index in [0.29, 0.717) is 25.7 Å². The quantitative estimate of drug-likeness (QED) is 0.415. The molecule has 3 rings (SSSR count). The average Bonchev–Trinajstić information content (AvgIpc) is 2.62. The lowest BCUT2D eigenvalue weighted by atomic mass is 9.86. The van der Waals surface area contributed by atoms with E-state index < -0.39 is 5.60 Å². The van der Waals surface area contributed by atoms with Crippen LogP contribution in [-0.2, 0) is 21.5 Å². The van der Waals surface area contributed by atoms with E-state index in [2.05, 4.69) is 28.5 Å². The number of hydrogen-bond donors (Lipinski definition) is 2. The fraction of sp³-hybridized carbons (Fsp3) is 0.316. The maximum atomic E-state index is 6.12. The summed E-state index contributed by atoms with van der Waals surface area (Å²) in [5.41, 5.74) is 8.77. The highest BCUT2D eigenvalue weighted by Crippen LogP contribution is 2.34. The highest BCUT2D eigenvalue weighted by Gasteiger charge is 2.38. The first-order valence-corrected chi connectivity index (χ1v) is 8.07. The molecule has 1 heterocycles. The molecule has 0 saturated carbocycles. The third-order valence-electron chi connectivity index (χ3n) is 4.19. The molecule has 5 nitrogen and oxygen atoms in total. The van der Waals surface area contributed by atoms with Gasteiger partial charge in [0.1, 0.15) is 5.60 Å². The summed E-state index contributed by atoms with van der Waals surface area (Å²) in [5.74, 6) is 0.364. The third kappa shape index (κ3) is 4.71. The summed E-state index contributed by atoms with van der Waals surface area (Å²) in [6.45, 7) is 1.50. The number of anilines is 1. The Balaban J connectivity index is 0.00000225. The van der Waals surface area contributed by atoms with Gasteiger partial charge in [-0.25, -0.2) is 4.99 Å². The van der Waals surface area contributed by atoms with Crippen molar-refractivity contribution in [1.82, 2.24) is 0 Å². The van der Waals surface area contributed by atoms with Crippen LogP contribution in [0.3, 0.4) is 0 Å². The molecule has 0 aromatic heterocycles. The summed E-state index contributed by atoms with van der Waals surface area (Å²) < 4.78 is 11.6. The van der Waals surface area contributed by atoms with Gasteiger partial charge in [0.05, 0.1) is 19.8 Å². The number of ether oxygens (including phenoxy) is 2. The molecule has 0 saturated heterocycles. The van der Waals surface area contributed by atoms with Crippen LogP contribution in [0.25, 0.3) is 0 Å². The standard InChI is InChI=1S/C19H23N3O2.HI/c1-23-14-19(17-10-6-5-7-15(17)11-12-24-19)13-21-18(20)22-16-8-3-2-4-9-16;/h2-10H,11-14H2,1H3,(H3,20,21,22);1H. The summed E-state index contributed by atoms with van der Waals surface area (Å²) >= 11 is 0. The molecule has 0 aliphatic carbocycles. The Hall–Kier alpha value is -1.64. The van der Waals surface area contributed by atoms with E-state index in [1.54, 1.807) is 7.11 Å². The van der Waals surface area contributed by atoms with Crippen LogP contribution in [0.2, 0.25) is 0 Å². The smallest absolute Gasteiger partial charge is 0.193 e. The van der Waals surface area contributed by atoms with Crippen molar-refractivity contribution in [2.24, 2.45) is 10.7 Å². The fourth-order valence-electron chi connectivity index (χ4n) is 3.07. The number of rotatable bonds is 5. The van der Waals surface area contributed by atoms with E-state index in [9.17, 15) is 0 Å². The van der Waals surface area contributed by atoms with Crippen molar-refractivity contribution in [3.05, 3.63) is 65.7 Å². The lowest BCUT2D eigenvalue weighted by molar-refractivity contribution is -0.0959. The van der Waals surface area contributed by atoms with Gasteiger partial charge in [0, 0.05) is 12.8 Å². The van der Waals surface area contributed by atoms with Crippen molar-refractivity contribution < 1.29 is 9.47 Å². The van der Waals surface area contributed by atoms with Crippen molar-refractivity contribution in [3.8, 4) is 0 Å². The van der Waals surface area contributed by atoms with Gasteiger partial charge in [-0.15, -0.1) is 24.0 Å².